The first-order chi connectivity index (χ1) is 19.6. The molecule has 1 saturated heterocycles. The van der Waals surface area contributed by atoms with Gasteiger partial charge in [0.1, 0.15) is 12.3 Å². The van der Waals surface area contributed by atoms with Crippen LogP contribution in [0.4, 0.5) is 0 Å². The third-order valence-electron chi connectivity index (χ3n) is 7.13. The van der Waals surface area contributed by atoms with Gasteiger partial charge in [-0.1, -0.05) is 53.1 Å². The van der Waals surface area contributed by atoms with Crippen LogP contribution in [0.2, 0.25) is 10.0 Å². The molecule has 0 saturated carbocycles. The van der Waals surface area contributed by atoms with E-state index in [-0.39, 0.29) is 26.9 Å². The summed E-state index contributed by atoms with van der Waals surface area (Å²) in [5.74, 6) is -3.91. The van der Waals surface area contributed by atoms with Crippen molar-refractivity contribution in [1.29, 1.82) is 0 Å². The Bertz CT molecular complexity index is 1590. The standard InChI is InChI=1S/C31H24Cl2N2O6/c1-18-7-13-23-24(15-18)30(39)35(29(23)38)34(28(37)21-10-14-25(32)26(33)16-21)17-27(36)19-8-11-22(12-9-19)41-31(40)20-5-3-2-4-6-20/h2-12,14,16,23-24H,13,15,17H2,1H3/t23-,24+/m0/s1. The van der Waals surface area contributed by atoms with Crippen molar-refractivity contribution >= 4 is 52.7 Å². The number of ether oxygens (including phenoxy) is 1. The van der Waals surface area contributed by atoms with Gasteiger partial charge < -0.3 is 4.74 Å². The summed E-state index contributed by atoms with van der Waals surface area (Å²) in [5.41, 5.74) is 1.60. The van der Waals surface area contributed by atoms with Gasteiger partial charge in [-0.15, -0.1) is 0 Å². The van der Waals surface area contributed by atoms with Crippen molar-refractivity contribution in [1.82, 2.24) is 10.0 Å². The minimum absolute atomic E-state index is 0.0557. The summed E-state index contributed by atoms with van der Waals surface area (Å²) in [6, 6.07) is 18.4. The number of Topliss-reactive ketones (excluding diaryl/α,β-unsaturated/α-hetero) is 1. The Morgan fingerprint density at radius 3 is 2.20 bits per heavy atom. The number of carbonyl (C=O) groups excluding carboxylic acids is 5. The van der Waals surface area contributed by atoms with Crippen molar-refractivity contribution < 1.29 is 28.7 Å². The molecule has 0 unspecified atom stereocenters. The Labute approximate surface area is 246 Å². The van der Waals surface area contributed by atoms with Crippen LogP contribution < -0.4 is 4.74 Å². The van der Waals surface area contributed by atoms with Crippen molar-refractivity contribution in [2.75, 3.05) is 6.54 Å². The summed E-state index contributed by atoms with van der Waals surface area (Å²) in [6.45, 7) is 1.30. The second kappa shape index (κ2) is 11.7. The third-order valence-corrected chi connectivity index (χ3v) is 7.87. The molecule has 8 nitrogen and oxygen atoms in total. The summed E-state index contributed by atoms with van der Waals surface area (Å²) < 4.78 is 5.36. The van der Waals surface area contributed by atoms with Gasteiger partial charge in [0.25, 0.3) is 17.7 Å². The van der Waals surface area contributed by atoms with Crippen molar-refractivity contribution in [2.45, 2.75) is 19.8 Å². The van der Waals surface area contributed by atoms with Crippen molar-refractivity contribution in [2.24, 2.45) is 11.8 Å². The summed E-state index contributed by atoms with van der Waals surface area (Å²) in [7, 11) is 0. The van der Waals surface area contributed by atoms with E-state index in [2.05, 4.69) is 0 Å². The zero-order chi connectivity index (χ0) is 29.3. The van der Waals surface area contributed by atoms with Gasteiger partial charge >= 0.3 is 5.97 Å². The number of hydrogen-bond donors (Lipinski definition) is 0. The monoisotopic (exact) mass is 590 g/mol. The number of halogens is 2. The summed E-state index contributed by atoms with van der Waals surface area (Å²) >= 11 is 12.1. The number of benzene rings is 3. The fraction of sp³-hybridized carbons (Fsp3) is 0.194. The molecule has 0 radical (unpaired) electrons. The summed E-state index contributed by atoms with van der Waals surface area (Å²) in [4.78, 5) is 66.3. The average molecular weight is 591 g/mol. The lowest BCUT2D eigenvalue weighted by Crippen LogP contribution is -2.52. The molecule has 1 aliphatic carbocycles. The van der Waals surface area contributed by atoms with Crippen LogP contribution in [0.1, 0.15) is 50.8 Å². The minimum Gasteiger partial charge on any atom is -0.423 e. The van der Waals surface area contributed by atoms with Gasteiger partial charge in [0.2, 0.25) is 0 Å². The lowest BCUT2D eigenvalue weighted by atomic mass is 9.82. The minimum atomic E-state index is -0.754. The maximum absolute atomic E-state index is 13.7. The third kappa shape index (κ3) is 5.80. The van der Waals surface area contributed by atoms with E-state index in [0.717, 1.165) is 15.6 Å². The topological polar surface area (TPSA) is 101 Å². The summed E-state index contributed by atoms with van der Waals surface area (Å²) in [5, 5.41) is 2.01. The van der Waals surface area contributed by atoms with Crippen LogP contribution in [0, 0.1) is 11.8 Å². The molecule has 3 aromatic rings. The van der Waals surface area contributed by atoms with E-state index < -0.39 is 47.9 Å². The van der Waals surface area contributed by atoms with E-state index in [1.165, 1.54) is 42.5 Å². The van der Waals surface area contributed by atoms with E-state index >= 15 is 0 Å². The zero-order valence-corrected chi connectivity index (χ0v) is 23.4. The van der Waals surface area contributed by atoms with E-state index in [9.17, 15) is 24.0 Å². The van der Waals surface area contributed by atoms with E-state index in [1.807, 2.05) is 13.0 Å². The van der Waals surface area contributed by atoms with Gasteiger partial charge in [0.15, 0.2) is 5.78 Å². The highest BCUT2D eigenvalue weighted by Gasteiger charge is 2.51. The number of imide groups is 1. The van der Waals surface area contributed by atoms with Crippen LogP contribution >= 0.6 is 23.2 Å². The Kier molecular flexibility index (Phi) is 8.06. The number of nitrogens with zero attached hydrogens (tertiary/aromatic N) is 2. The molecule has 0 N–H and O–H groups in total. The number of hydrazine groups is 1. The highest BCUT2D eigenvalue weighted by molar-refractivity contribution is 6.42. The molecule has 208 valence electrons. The quantitative estimate of drug-likeness (QED) is 0.113. The lowest BCUT2D eigenvalue weighted by Gasteiger charge is -2.30. The van der Waals surface area contributed by atoms with E-state index in [0.29, 0.717) is 18.4 Å². The van der Waals surface area contributed by atoms with E-state index in [4.69, 9.17) is 27.9 Å². The highest BCUT2D eigenvalue weighted by Crippen LogP contribution is 2.39. The largest absolute Gasteiger partial charge is 0.423 e. The molecule has 41 heavy (non-hydrogen) atoms. The number of amides is 3. The first-order valence-corrected chi connectivity index (χ1v) is 13.6. The van der Waals surface area contributed by atoms with Gasteiger partial charge in [-0.3, -0.25) is 19.2 Å². The molecule has 0 spiro atoms. The van der Waals surface area contributed by atoms with Gasteiger partial charge in [-0.05, 0) is 74.4 Å². The number of fused-ring (bicyclic) bond motifs is 1. The van der Waals surface area contributed by atoms with Crippen LogP contribution in [0.25, 0.3) is 0 Å². The summed E-state index contributed by atoms with van der Waals surface area (Å²) in [6.07, 6.45) is 2.69. The molecule has 0 bridgehead atoms. The normalized spacial score (nSPS) is 18.0. The molecule has 3 amide bonds. The molecule has 1 aliphatic heterocycles. The van der Waals surface area contributed by atoms with Gasteiger partial charge in [0, 0.05) is 11.1 Å². The van der Waals surface area contributed by atoms with Crippen LogP contribution in [0.3, 0.4) is 0 Å². The number of carbonyl (C=O) groups is 5. The number of hydrogen-bond acceptors (Lipinski definition) is 6. The number of esters is 1. The Morgan fingerprint density at radius 1 is 0.854 bits per heavy atom. The molecule has 10 heteroatoms. The molecule has 1 heterocycles. The fourth-order valence-electron chi connectivity index (χ4n) is 4.95. The second-order valence-corrected chi connectivity index (χ2v) is 10.7. The average Bonchev–Trinajstić information content (AvgIpc) is 3.22. The number of rotatable bonds is 7. The van der Waals surface area contributed by atoms with Crippen LogP contribution in [0.15, 0.2) is 84.4 Å². The first-order valence-electron chi connectivity index (χ1n) is 12.8. The van der Waals surface area contributed by atoms with Gasteiger partial charge in [-0.2, -0.15) is 5.01 Å². The Hall–Kier alpha value is -4.27. The predicted molar refractivity (Wildman–Crippen MR) is 151 cm³/mol. The maximum atomic E-state index is 13.7. The SMILES string of the molecule is CC1=CC[C@@H]2C(=O)N(N(CC(=O)c3ccc(OC(=O)c4ccccc4)cc3)C(=O)c3ccc(Cl)c(Cl)c3)C(=O)[C@@H]2C1. The number of allylic oxidation sites excluding steroid dienone is 2. The van der Waals surface area contributed by atoms with E-state index in [1.54, 1.807) is 30.3 Å². The molecular weight excluding hydrogens is 567 g/mol. The Morgan fingerprint density at radius 2 is 1.51 bits per heavy atom. The van der Waals surface area contributed by atoms with Gasteiger partial charge in [-0.25, -0.2) is 9.80 Å². The van der Waals surface area contributed by atoms with Crippen LogP contribution in [-0.4, -0.2) is 46.0 Å². The lowest BCUT2D eigenvalue weighted by molar-refractivity contribution is -0.154. The predicted octanol–water partition coefficient (Wildman–Crippen LogP) is 5.79. The molecule has 2 aliphatic rings. The smallest absolute Gasteiger partial charge is 0.343 e. The van der Waals surface area contributed by atoms with Gasteiger partial charge in [0.05, 0.1) is 27.4 Å². The molecule has 3 aromatic carbocycles. The Balaban J connectivity index is 1.40. The maximum Gasteiger partial charge on any atom is 0.343 e. The molecule has 1 fully saturated rings. The zero-order valence-electron chi connectivity index (χ0n) is 21.9. The highest BCUT2D eigenvalue weighted by atomic mass is 35.5. The molecule has 2 atom stereocenters. The molecule has 5 rings (SSSR count). The van der Waals surface area contributed by atoms with Crippen molar-refractivity contribution in [3.05, 3.63) is 111 Å². The number of ketones is 1. The molecular formula is C31H24Cl2N2O6. The fourth-order valence-corrected chi connectivity index (χ4v) is 5.24. The van der Waals surface area contributed by atoms with Crippen molar-refractivity contribution in [3.63, 3.8) is 0 Å². The van der Waals surface area contributed by atoms with Crippen LogP contribution in [-0.2, 0) is 9.59 Å². The first kappa shape index (κ1) is 28.3. The second-order valence-electron chi connectivity index (χ2n) is 9.89. The van der Waals surface area contributed by atoms with Crippen LogP contribution in [0.5, 0.6) is 5.75 Å². The van der Waals surface area contributed by atoms with Crippen molar-refractivity contribution in [3.8, 4) is 5.75 Å². The molecule has 0 aromatic heterocycles.